The van der Waals surface area contributed by atoms with E-state index in [4.69, 9.17) is 5.11 Å². The molecule has 22 heavy (non-hydrogen) atoms. The summed E-state index contributed by atoms with van der Waals surface area (Å²) in [6.07, 6.45) is 2.38. The first kappa shape index (κ1) is 16.1. The Labute approximate surface area is 130 Å². The van der Waals surface area contributed by atoms with Crippen LogP contribution in [0.3, 0.4) is 0 Å². The molecule has 1 heterocycles. The summed E-state index contributed by atoms with van der Waals surface area (Å²) in [6.45, 7) is 4.21. The van der Waals surface area contributed by atoms with Crippen LogP contribution in [0.5, 0.6) is 0 Å². The predicted octanol–water partition coefficient (Wildman–Crippen LogP) is 2.12. The highest BCUT2D eigenvalue weighted by atomic mass is 16.4. The summed E-state index contributed by atoms with van der Waals surface area (Å²) >= 11 is 0. The van der Waals surface area contributed by atoms with Gasteiger partial charge < -0.3 is 20.6 Å². The first-order chi connectivity index (χ1) is 10.6. The lowest BCUT2D eigenvalue weighted by atomic mass is 10.1. The Hall–Kier alpha value is -2.24. The van der Waals surface area contributed by atoms with Crippen molar-refractivity contribution in [2.75, 3.05) is 24.5 Å². The molecule has 120 valence electrons. The number of carboxylic acids is 1. The van der Waals surface area contributed by atoms with Crippen LogP contribution in [0.15, 0.2) is 24.3 Å². The molecular weight excluding hydrogens is 282 g/mol. The number of nitrogens with one attached hydrogen (secondary N) is 2. The van der Waals surface area contributed by atoms with E-state index in [1.54, 1.807) is 0 Å². The van der Waals surface area contributed by atoms with Gasteiger partial charge in [0, 0.05) is 25.3 Å². The lowest BCUT2D eigenvalue weighted by Crippen LogP contribution is -2.38. The van der Waals surface area contributed by atoms with Crippen molar-refractivity contribution in [3.63, 3.8) is 0 Å². The molecule has 1 atom stereocenters. The monoisotopic (exact) mass is 305 g/mol. The zero-order valence-corrected chi connectivity index (χ0v) is 12.8. The fraction of sp³-hybridized carbons (Fsp3) is 0.500. The Morgan fingerprint density at radius 3 is 2.73 bits per heavy atom. The largest absolute Gasteiger partial charge is 0.481 e. The lowest BCUT2D eigenvalue weighted by Gasteiger charge is -2.20. The molecule has 0 bridgehead atoms. The average Bonchev–Trinajstić information content (AvgIpc) is 3.01. The minimum atomic E-state index is -0.924. The summed E-state index contributed by atoms with van der Waals surface area (Å²) in [6, 6.07) is 7.71. The van der Waals surface area contributed by atoms with Crippen molar-refractivity contribution < 1.29 is 14.7 Å². The molecule has 3 N–H and O–H groups in total. The van der Waals surface area contributed by atoms with Gasteiger partial charge in [-0.05, 0) is 37.5 Å². The molecule has 0 aliphatic carbocycles. The first-order valence-corrected chi connectivity index (χ1v) is 7.67. The van der Waals surface area contributed by atoms with E-state index >= 15 is 0 Å². The third-order valence-corrected chi connectivity index (χ3v) is 3.81. The van der Waals surface area contributed by atoms with Gasteiger partial charge in [-0.15, -0.1) is 0 Å². The SMILES string of the molecule is CC(NC(=O)NCCC(=O)O)c1cccc(N2CCCC2)c1. The van der Waals surface area contributed by atoms with E-state index in [1.807, 2.05) is 19.1 Å². The number of aliphatic carboxylic acids is 1. The number of hydrogen-bond acceptors (Lipinski definition) is 3. The molecule has 0 saturated carbocycles. The maximum Gasteiger partial charge on any atom is 0.315 e. The molecular formula is C16H23N3O3. The van der Waals surface area contributed by atoms with Crippen LogP contribution in [-0.2, 0) is 4.79 Å². The van der Waals surface area contributed by atoms with Gasteiger partial charge in [-0.25, -0.2) is 4.79 Å². The third kappa shape index (κ3) is 4.65. The molecule has 1 aromatic rings. The second-order valence-corrected chi connectivity index (χ2v) is 5.55. The zero-order chi connectivity index (χ0) is 15.9. The van der Waals surface area contributed by atoms with Gasteiger partial charge in [0.25, 0.3) is 0 Å². The number of carbonyl (C=O) groups excluding carboxylic acids is 1. The number of amides is 2. The average molecular weight is 305 g/mol. The van der Waals surface area contributed by atoms with E-state index in [1.165, 1.54) is 18.5 Å². The molecule has 6 heteroatoms. The van der Waals surface area contributed by atoms with Gasteiger partial charge in [0.15, 0.2) is 0 Å². The van der Waals surface area contributed by atoms with Gasteiger partial charge in [-0.3, -0.25) is 4.79 Å². The van der Waals surface area contributed by atoms with E-state index in [2.05, 4.69) is 27.7 Å². The number of benzene rings is 1. The fourth-order valence-corrected chi connectivity index (χ4v) is 2.58. The highest BCUT2D eigenvalue weighted by molar-refractivity contribution is 5.75. The molecule has 1 aliphatic heterocycles. The van der Waals surface area contributed by atoms with Crippen LogP contribution >= 0.6 is 0 Å². The van der Waals surface area contributed by atoms with E-state index in [9.17, 15) is 9.59 Å². The van der Waals surface area contributed by atoms with E-state index in [-0.39, 0.29) is 25.0 Å². The van der Waals surface area contributed by atoms with Crippen molar-refractivity contribution >= 4 is 17.7 Å². The second-order valence-electron chi connectivity index (χ2n) is 5.55. The summed E-state index contributed by atoms with van der Waals surface area (Å²) in [4.78, 5) is 24.5. The standard InChI is InChI=1S/C16H23N3O3/c1-12(18-16(22)17-8-7-15(20)21)13-5-4-6-14(11-13)19-9-2-3-10-19/h4-6,11-12H,2-3,7-10H2,1H3,(H,20,21)(H2,17,18,22). The van der Waals surface area contributed by atoms with Crippen molar-refractivity contribution in [3.8, 4) is 0 Å². The Balaban J connectivity index is 1.88. The Bertz CT molecular complexity index is 527. The van der Waals surface area contributed by atoms with E-state index in [0.717, 1.165) is 18.7 Å². The molecule has 6 nitrogen and oxygen atoms in total. The Kier molecular flexibility index (Phi) is 5.63. The molecule has 2 amide bonds. The van der Waals surface area contributed by atoms with Crippen LogP contribution < -0.4 is 15.5 Å². The van der Waals surface area contributed by atoms with E-state index in [0.29, 0.717) is 0 Å². The normalized spacial score (nSPS) is 15.4. The summed E-state index contributed by atoms with van der Waals surface area (Å²) < 4.78 is 0. The molecule has 1 unspecified atom stereocenters. The van der Waals surface area contributed by atoms with E-state index < -0.39 is 5.97 Å². The van der Waals surface area contributed by atoms with Crippen molar-refractivity contribution in [2.45, 2.75) is 32.2 Å². The van der Waals surface area contributed by atoms with Crippen molar-refractivity contribution in [2.24, 2.45) is 0 Å². The summed E-state index contributed by atoms with van der Waals surface area (Å²) in [5.74, 6) is -0.924. The van der Waals surface area contributed by atoms with Crippen molar-refractivity contribution in [3.05, 3.63) is 29.8 Å². The third-order valence-electron chi connectivity index (χ3n) is 3.81. The maximum absolute atomic E-state index is 11.7. The summed E-state index contributed by atoms with van der Waals surface area (Å²) in [7, 11) is 0. The predicted molar refractivity (Wildman–Crippen MR) is 85.1 cm³/mol. The number of anilines is 1. The lowest BCUT2D eigenvalue weighted by molar-refractivity contribution is -0.136. The first-order valence-electron chi connectivity index (χ1n) is 7.67. The van der Waals surface area contributed by atoms with Crippen LogP contribution in [-0.4, -0.2) is 36.7 Å². The number of urea groups is 1. The number of rotatable bonds is 6. The zero-order valence-electron chi connectivity index (χ0n) is 12.8. The second kappa shape index (κ2) is 7.68. The molecule has 2 rings (SSSR count). The minimum absolute atomic E-state index is 0.0771. The summed E-state index contributed by atoms with van der Waals surface area (Å²) in [5.41, 5.74) is 2.23. The molecule has 0 radical (unpaired) electrons. The van der Waals surface area contributed by atoms with Gasteiger partial charge in [0.2, 0.25) is 0 Å². The molecule has 1 saturated heterocycles. The molecule has 0 spiro atoms. The van der Waals surface area contributed by atoms with Crippen LogP contribution in [0.25, 0.3) is 0 Å². The van der Waals surface area contributed by atoms with Crippen LogP contribution in [0, 0.1) is 0 Å². The number of carboxylic acid groups (broad SMARTS) is 1. The number of hydrogen-bond donors (Lipinski definition) is 3. The highest BCUT2D eigenvalue weighted by Crippen LogP contribution is 2.23. The van der Waals surface area contributed by atoms with Gasteiger partial charge in [0.05, 0.1) is 12.5 Å². The summed E-state index contributed by atoms with van der Waals surface area (Å²) in [5, 5.41) is 13.9. The topological polar surface area (TPSA) is 81.7 Å². The molecule has 1 aromatic carbocycles. The van der Waals surface area contributed by atoms with Crippen molar-refractivity contribution in [1.82, 2.24) is 10.6 Å². The molecule has 1 aliphatic rings. The minimum Gasteiger partial charge on any atom is -0.481 e. The van der Waals surface area contributed by atoms with Crippen molar-refractivity contribution in [1.29, 1.82) is 0 Å². The number of nitrogens with zero attached hydrogens (tertiary/aromatic N) is 1. The van der Waals surface area contributed by atoms with Gasteiger partial charge >= 0.3 is 12.0 Å². The quantitative estimate of drug-likeness (QED) is 0.752. The van der Waals surface area contributed by atoms with Crippen LogP contribution in [0.4, 0.5) is 10.5 Å². The Morgan fingerprint density at radius 2 is 2.05 bits per heavy atom. The highest BCUT2D eigenvalue weighted by Gasteiger charge is 2.14. The Morgan fingerprint density at radius 1 is 1.32 bits per heavy atom. The van der Waals surface area contributed by atoms with Crippen LogP contribution in [0.1, 0.15) is 37.8 Å². The van der Waals surface area contributed by atoms with Crippen LogP contribution in [0.2, 0.25) is 0 Å². The van der Waals surface area contributed by atoms with Gasteiger partial charge in [-0.2, -0.15) is 0 Å². The smallest absolute Gasteiger partial charge is 0.315 e. The maximum atomic E-state index is 11.7. The molecule has 0 aromatic heterocycles. The fourth-order valence-electron chi connectivity index (χ4n) is 2.58. The number of carbonyl (C=O) groups is 2. The van der Waals surface area contributed by atoms with Gasteiger partial charge in [0.1, 0.15) is 0 Å². The molecule has 1 fully saturated rings. The van der Waals surface area contributed by atoms with Gasteiger partial charge in [-0.1, -0.05) is 12.1 Å².